The lowest BCUT2D eigenvalue weighted by Crippen LogP contribution is -2.21. The van der Waals surface area contributed by atoms with Gasteiger partial charge in [0.05, 0.1) is 5.02 Å². The van der Waals surface area contributed by atoms with Crippen LogP contribution in [0.4, 0.5) is 10.3 Å². The van der Waals surface area contributed by atoms with Crippen molar-refractivity contribution in [3.63, 3.8) is 0 Å². The average molecular weight is 313 g/mol. The van der Waals surface area contributed by atoms with Gasteiger partial charge in [-0.1, -0.05) is 11.6 Å². The number of hydrogen-bond donors (Lipinski definition) is 0. The zero-order valence-electron chi connectivity index (χ0n) is 10.5. The molecule has 3 rings (SSSR count). The average Bonchev–Trinajstić information content (AvgIpc) is 2.91. The molecule has 0 spiro atoms. The Labute approximate surface area is 125 Å². The van der Waals surface area contributed by atoms with E-state index in [0.717, 1.165) is 25.9 Å². The monoisotopic (exact) mass is 312 g/mol. The largest absolute Gasteiger partial charge is 0.341 e. The SMILES string of the molecule is Fc1ccc(-c2nc(Cl)nc(N3CCCC3)n2)c(Cl)c1. The number of anilines is 1. The Morgan fingerprint density at radius 3 is 2.50 bits per heavy atom. The van der Waals surface area contributed by atoms with E-state index in [1.165, 1.54) is 18.2 Å². The summed E-state index contributed by atoms with van der Waals surface area (Å²) in [6.07, 6.45) is 2.21. The second-order valence-electron chi connectivity index (χ2n) is 4.55. The van der Waals surface area contributed by atoms with E-state index >= 15 is 0 Å². The van der Waals surface area contributed by atoms with Gasteiger partial charge in [-0.3, -0.25) is 0 Å². The molecule has 2 aromatic rings. The summed E-state index contributed by atoms with van der Waals surface area (Å²) in [4.78, 5) is 14.7. The van der Waals surface area contributed by atoms with Crippen LogP contribution in [0, 0.1) is 5.82 Å². The molecule has 104 valence electrons. The first-order valence-corrected chi connectivity index (χ1v) is 7.01. The number of benzene rings is 1. The van der Waals surface area contributed by atoms with Crippen molar-refractivity contribution in [2.24, 2.45) is 0 Å². The Bertz CT molecular complexity index is 644. The maximum Gasteiger partial charge on any atom is 0.230 e. The first-order valence-electron chi connectivity index (χ1n) is 6.25. The van der Waals surface area contributed by atoms with E-state index in [0.29, 0.717) is 17.3 Å². The lowest BCUT2D eigenvalue weighted by molar-refractivity contribution is 0.628. The molecule has 1 saturated heterocycles. The molecule has 1 aromatic carbocycles. The number of aromatic nitrogens is 3. The van der Waals surface area contributed by atoms with Gasteiger partial charge in [0.2, 0.25) is 11.2 Å². The standard InChI is InChI=1S/C13H11Cl2FN4/c14-10-7-8(16)3-4-9(10)11-17-12(15)19-13(18-11)20-5-1-2-6-20/h3-4,7H,1-2,5-6H2. The molecule has 0 aliphatic carbocycles. The molecule has 0 N–H and O–H groups in total. The summed E-state index contributed by atoms with van der Waals surface area (Å²) in [5.41, 5.74) is 0.540. The number of rotatable bonds is 2. The van der Waals surface area contributed by atoms with Crippen LogP contribution in [0.3, 0.4) is 0 Å². The quantitative estimate of drug-likeness (QED) is 0.850. The van der Waals surface area contributed by atoms with Crippen LogP contribution in [0.15, 0.2) is 18.2 Å². The second-order valence-corrected chi connectivity index (χ2v) is 5.29. The molecule has 0 bridgehead atoms. The van der Waals surface area contributed by atoms with E-state index in [9.17, 15) is 4.39 Å². The van der Waals surface area contributed by atoms with Crippen molar-refractivity contribution in [1.82, 2.24) is 15.0 Å². The molecule has 7 heteroatoms. The minimum Gasteiger partial charge on any atom is -0.341 e. The highest BCUT2D eigenvalue weighted by Gasteiger charge is 2.18. The third-order valence-electron chi connectivity index (χ3n) is 3.16. The fourth-order valence-corrected chi connectivity index (χ4v) is 2.60. The van der Waals surface area contributed by atoms with Crippen LogP contribution in [-0.2, 0) is 0 Å². The minimum absolute atomic E-state index is 0.109. The summed E-state index contributed by atoms with van der Waals surface area (Å²) in [6, 6.07) is 4.08. The summed E-state index contributed by atoms with van der Waals surface area (Å²) in [7, 11) is 0. The highest BCUT2D eigenvalue weighted by molar-refractivity contribution is 6.33. The van der Waals surface area contributed by atoms with Gasteiger partial charge in [0.25, 0.3) is 0 Å². The number of hydrogen-bond acceptors (Lipinski definition) is 4. The summed E-state index contributed by atoms with van der Waals surface area (Å²) < 4.78 is 13.1. The number of nitrogens with zero attached hydrogens (tertiary/aromatic N) is 4. The summed E-state index contributed by atoms with van der Waals surface area (Å²) in [5, 5.41) is 0.358. The minimum atomic E-state index is -0.404. The van der Waals surface area contributed by atoms with Crippen molar-refractivity contribution in [1.29, 1.82) is 0 Å². The van der Waals surface area contributed by atoms with Crippen LogP contribution in [0.25, 0.3) is 11.4 Å². The van der Waals surface area contributed by atoms with E-state index in [1.807, 2.05) is 0 Å². The zero-order chi connectivity index (χ0) is 14.1. The van der Waals surface area contributed by atoms with Crippen molar-refractivity contribution < 1.29 is 4.39 Å². The maximum absolute atomic E-state index is 13.1. The first kappa shape index (κ1) is 13.5. The van der Waals surface area contributed by atoms with E-state index < -0.39 is 5.82 Å². The molecule has 0 atom stereocenters. The lowest BCUT2D eigenvalue weighted by Gasteiger charge is -2.15. The fourth-order valence-electron chi connectivity index (χ4n) is 2.19. The van der Waals surface area contributed by atoms with E-state index in [1.54, 1.807) is 0 Å². The zero-order valence-corrected chi connectivity index (χ0v) is 12.0. The van der Waals surface area contributed by atoms with Gasteiger partial charge < -0.3 is 4.90 Å². The molecule has 0 saturated carbocycles. The molecular formula is C13H11Cl2FN4. The lowest BCUT2D eigenvalue weighted by atomic mass is 10.2. The van der Waals surface area contributed by atoms with E-state index in [2.05, 4.69) is 19.9 Å². The van der Waals surface area contributed by atoms with Gasteiger partial charge in [0, 0.05) is 18.7 Å². The topological polar surface area (TPSA) is 41.9 Å². The Morgan fingerprint density at radius 2 is 1.80 bits per heavy atom. The first-order chi connectivity index (χ1) is 9.63. The smallest absolute Gasteiger partial charge is 0.230 e. The molecule has 2 heterocycles. The van der Waals surface area contributed by atoms with E-state index in [4.69, 9.17) is 23.2 Å². The molecule has 0 unspecified atom stereocenters. The molecule has 1 aliphatic heterocycles. The second kappa shape index (κ2) is 5.50. The van der Waals surface area contributed by atoms with Crippen molar-refractivity contribution in [2.45, 2.75) is 12.8 Å². The highest BCUT2D eigenvalue weighted by atomic mass is 35.5. The molecular weight excluding hydrogens is 302 g/mol. The van der Waals surface area contributed by atoms with E-state index in [-0.39, 0.29) is 10.3 Å². The Balaban J connectivity index is 2.04. The van der Waals surface area contributed by atoms with Gasteiger partial charge in [0.15, 0.2) is 5.82 Å². The third-order valence-corrected chi connectivity index (χ3v) is 3.64. The van der Waals surface area contributed by atoms with Crippen molar-refractivity contribution in [3.8, 4) is 11.4 Å². The molecule has 4 nitrogen and oxygen atoms in total. The van der Waals surface area contributed by atoms with Gasteiger partial charge in [-0.2, -0.15) is 15.0 Å². The molecule has 0 amide bonds. The Hall–Kier alpha value is -1.46. The number of halogens is 3. The van der Waals surface area contributed by atoms with Crippen LogP contribution >= 0.6 is 23.2 Å². The summed E-state index contributed by atoms with van der Waals surface area (Å²) in [6.45, 7) is 1.80. The van der Waals surface area contributed by atoms with Crippen LogP contribution < -0.4 is 4.90 Å². The predicted molar refractivity (Wildman–Crippen MR) is 76.7 cm³/mol. The van der Waals surface area contributed by atoms with Gasteiger partial charge in [-0.05, 0) is 42.6 Å². The highest BCUT2D eigenvalue weighted by Crippen LogP contribution is 2.28. The van der Waals surface area contributed by atoms with Gasteiger partial charge in [0.1, 0.15) is 5.82 Å². The van der Waals surface area contributed by atoms with Crippen LogP contribution in [0.1, 0.15) is 12.8 Å². The van der Waals surface area contributed by atoms with Gasteiger partial charge in [-0.15, -0.1) is 0 Å². The third kappa shape index (κ3) is 2.69. The Kier molecular flexibility index (Phi) is 3.72. The van der Waals surface area contributed by atoms with Crippen molar-refractivity contribution in [2.75, 3.05) is 18.0 Å². The normalized spacial score (nSPS) is 14.8. The molecule has 0 radical (unpaired) electrons. The summed E-state index contributed by atoms with van der Waals surface area (Å²) in [5.74, 6) is 0.494. The van der Waals surface area contributed by atoms with Crippen LogP contribution in [0.2, 0.25) is 10.3 Å². The van der Waals surface area contributed by atoms with Crippen LogP contribution in [0.5, 0.6) is 0 Å². The van der Waals surface area contributed by atoms with Gasteiger partial charge >= 0.3 is 0 Å². The predicted octanol–water partition coefficient (Wildman–Crippen LogP) is 3.58. The summed E-state index contributed by atoms with van der Waals surface area (Å²) >= 11 is 12.0. The van der Waals surface area contributed by atoms with Crippen molar-refractivity contribution in [3.05, 3.63) is 34.3 Å². The maximum atomic E-state index is 13.1. The van der Waals surface area contributed by atoms with Crippen molar-refractivity contribution >= 4 is 29.2 Å². The molecule has 20 heavy (non-hydrogen) atoms. The fraction of sp³-hybridized carbons (Fsp3) is 0.308. The van der Waals surface area contributed by atoms with Crippen LogP contribution in [-0.4, -0.2) is 28.0 Å². The molecule has 1 fully saturated rings. The Morgan fingerprint density at radius 1 is 1.05 bits per heavy atom. The molecule has 1 aromatic heterocycles. The molecule has 1 aliphatic rings. The van der Waals surface area contributed by atoms with Gasteiger partial charge in [-0.25, -0.2) is 4.39 Å².